The first-order chi connectivity index (χ1) is 27.0. The zero-order valence-electron chi connectivity index (χ0n) is 34.3. The summed E-state index contributed by atoms with van der Waals surface area (Å²) in [5.41, 5.74) is 17.6. The Labute approximate surface area is 336 Å². The van der Waals surface area contributed by atoms with Gasteiger partial charge in [0.05, 0.1) is 5.69 Å². The van der Waals surface area contributed by atoms with Crippen molar-refractivity contribution in [1.82, 2.24) is 4.98 Å². The van der Waals surface area contributed by atoms with Crippen molar-refractivity contribution in [3.05, 3.63) is 186 Å². The molecule has 0 spiro atoms. The molecule has 0 saturated carbocycles. The Morgan fingerprint density at radius 3 is 1.59 bits per heavy atom. The fourth-order valence-corrected chi connectivity index (χ4v) is 8.04. The minimum atomic E-state index is -0.113. The van der Waals surface area contributed by atoms with Crippen LogP contribution in [0.15, 0.2) is 164 Å². The molecule has 0 unspecified atom stereocenters. The van der Waals surface area contributed by atoms with Crippen LogP contribution in [0.3, 0.4) is 0 Å². The van der Waals surface area contributed by atoms with Crippen molar-refractivity contribution in [1.29, 1.82) is 0 Å². The van der Waals surface area contributed by atoms with Crippen molar-refractivity contribution in [2.24, 2.45) is 0 Å². The van der Waals surface area contributed by atoms with Crippen molar-refractivity contribution < 1.29 is 0 Å². The molecule has 1 aromatic heterocycles. The Bertz CT molecular complexity index is 2320. The van der Waals surface area contributed by atoms with E-state index in [0.29, 0.717) is 0 Å². The second-order valence-electron chi connectivity index (χ2n) is 17.5. The zero-order chi connectivity index (χ0) is 39.1. The van der Waals surface area contributed by atoms with Gasteiger partial charge in [0, 0.05) is 11.8 Å². The maximum absolute atomic E-state index is 4.69. The van der Waals surface area contributed by atoms with Gasteiger partial charge in [-0.2, -0.15) is 0 Å². The Hall–Kier alpha value is -5.53. The highest BCUT2D eigenvalue weighted by Gasteiger charge is 2.29. The standard InChI is InChI=1S/C55H57N/c1-54(2,3)50-38-47(43-28-19-25-41(35-43)24-12-8-7-11-21-40-22-13-9-14-23-40)39-51(55(4,5)6)53(50)49-37-44(42-26-15-10-16-27-42)32-33-48(49)45-29-20-30-46(36-45)52-31-17-18-34-56-52/h9-10,13-20,22-23,25-39H,7-8,11-12,21,24H2,1-6H3. The second kappa shape index (κ2) is 17.1. The average molecular weight is 732 g/mol. The summed E-state index contributed by atoms with van der Waals surface area (Å²) in [6.45, 7) is 14.2. The van der Waals surface area contributed by atoms with Gasteiger partial charge in [-0.15, -0.1) is 0 Å². The van der Waals surface area contributed by atoms with E-state index in [4.69, 9.17) is 4.98 Å². The van der Waals surface area contributed by atoms with E-state index >= 15 is 0 Å². The molecule has 282 valence electrons. The number of nitrogens with zero attached hydrogens (tertiary/aromatic N) is 1. The molecule has 1 heteroatoms. The van der Waals surface area contributed by atoms with Gasteiger partial charge in [-0.05, 0) is 140 Å². The van der Waals surface area contributed by atoms with E-state index in [2.05, 4.69) is 193 Å². The number of aromatic nitrogens is 1. The molecule has 0 aliphatic heterocycles. The van der Waals surface area contributed by atoms with Crippen LogP contribution in [0.2, 0.25) is 0 Å². The minimum absolute atomic E-state index is 0.113. The van der Waals surface area contributed by atoms with Crippen LogP contribution in [-0.4, -0.2) is 4.98 Å². The molecule has 0 saturated heterocycles. The SMILES string of the molecule is CC(C)(C)c1cc(-c2cccc(CCCCCCc3ccccc3)c2)cc(C(C)(C)C)c1-c1cc(-c2ccccc2)ccc1-c1cccc(-c2ccccn2)c1. The largest absolute Gasteiger partial charge is 0.256 e. The summed E-state index contributed by atoms with van der Waals surface area (Å²) in [5, 5.41) is 0. The van der Waals surface area contributed by atoms with E-state index in [-0.39, 0.29) is 10.8 Å². The lowest BCUT2D eigenvalue weighted by Crippen LogP contribution is -2.20. The molecule has 0 radical (unpaired) electrons. The normalized spacial score (nSPS) is 11.8. The predicted octanol–water partition coefficient (Wildman–Crippen LogP) is 15.4. The van der Waals surface area contributed by atoms with Gasteiger partial charge in [0.2, 0.25) is 0 Å². The molecule has 6 aromatic carbocycles. The lowest BCUT2D eigenvalue weighted by Gasteiger charge is -2.32. The summed E-state index contributed by atoms with van der Waals surface area (Å²) in [4.78, 5) is 4.69. The number of unbranched alkanes of at least 4 members (excludes halogenated alkanes) is 3. The van der Waals surface area contributed by atoms with Crippen molar-refractivity contribution in [2.75, 3.05) is 0 Å². The van der Waals surface area contributed by atoms with Crippen LogP contribution in [0.5, 0.6) is 0 Å². The Morgan fingerprint density at radius 2 is 0.929 bits per heavy atom. The quantitative estimate of drug-likeness (QED) is 0.114. The number of pyridine rings is 1. The van der Waals surface area contributed by atoms with E-state index in [1.165, 1.54) is 98.9 Å². The first kappa shape index (κ1) is 38.7. The molecule has 0 aliphatic rings. The lowest BCUT2D eigenvalue weighted by atomic mass is 9.71. The molecule has 1 nitrogen and oxygen atoms in total. The Kier molecular flexibility index (Phi) is 11.8. The monoisotopic (exact) mass is 731 g/mol. The number of hydrogen-bond donors (Lipinski definition) is 0. The van der Waals surface area contributed by atoms with Gasteiger partial charge >= 0.3 is 0 Å². The topological polar surface area (TPSA) is 12.9 Å². The Balaban J connectivity index is 1.30. The molecule has 0 bridgehead atoms. The minimum Gasteiger partial charge on any atom is -0.256 e. The summed E-state index contributed by atoms with van der Waals surface area (Å²) in [7, 11) is 0. The number of benzene rings is 6. The Morgan fingerprint density at radius 1 is 0.375 bits per heavy atom. The molecule has 0 amide bonds. The number of hydrogen-bond acceptors (Lipinski definition) is 1. The zero-order valence-corrected chi connectivity index (χ0v) is 34.3. The fourth-order valence-electron chi connectivity index (χ4n) is 8.04. The third kappa shape index (κ3) is 9.28. The van der Waals surface area contributed by atoms with E-state index < -0.39 is 0 Å². The highest BCUT2D eigenvalue weighted by molar-refractivity contribution is 5.92. The number of rotatable bonds is 12. The van der Waals surface area contributed by atoms with Crippen molar-refractivity contribution in [3.8, 4) is 55.8 Å². The van der Waals surface area contributed by atoms with E-state index in [1.54, 1.807) is 0 Å². The summed E-state index contributed by atoms with van der Waals surface area (Å²) in [6, 6.07) is 58.1. The summed E-state index contributed by atoms with van der Waals surface area (Å²) in [5.74, 6) is 0. The maximum atomic E-state index is 4.69. The van der Waals surface area contributed by atoms with Gasteiger partial charge in [0.15, 0.2) is 0 Å². The molecular weight excluding hydrogens is 675 g/mol. The highest BCUT2D eigenvalue weighted by Crippen LogP contribution is 2.47. The average Bonchev–Trinajstić information content (AvgIpc) is 3.22. The van der Waals surface area contributed by atoms with Crippen molar-refractivity contribution >= 4 is 0 Å². The van der Waals surface area contributed by atoms with E-state index in [9.17, 15) is 0 Å². The van der Waals surface area contributed by atoms with Crippen LogP contribution in [0, 0.1) is 0 Å². The highest BCUT2D eigenvalue weighted by atomic mass is 14.7. The number of aryl methyl sites for hydroxylation is 2. The van der Waals surface area contributed by atoms with Crippen LogP contribution in [0.4, 0.5) is 0 Å². The van der Waals surface area contributed by atoms with Gasteiger partial charge in [-0.1, -0.05) is 176 Å². The molecular formula is C55H57N. The predicted molar refractivity (Wildman–Crippen MR) is 241 cm³/mol. The summed E-state index contributed by atoms with van der Waals surface area (Å²) >= 11 is 0. The molecule has 0 N–H and O–H groups in total. The van der Waals surface area contributed by atoms with E-state index in [0.717, 1.165) is 17.7 Å². The lowest BCUT2D eigenvalue weighted by molar-refractivity contribution is 0.572. The van der Waals surface area contributed by atoms with E-state index in [1.807, 2.05) is 12.3 Å². The van der Waals surface area contributed by atoms with Crippen LogP contribution >= 0.6 is 0 Å². The third-order valence-electron chi connectivity index (χ3n) is 11.1. The molecule has 7 aromatic rings. The van der Waals surface area contributed by atoms with Crippen molar-refractivity contribution in [2.45, 2.75) is 90.9 Å². The van der Waals surface area contributed by atoms with Crippen LogP contribution in [0.1, 0.15) is 89.5 Å². The molecule has 0 fully saturated rings. The van der Waals surface area contributed by atoms with Crippen LogP contribution in [-0.2, 0) is 23.7 Å². The molecule has 7 rings (SSSR count). The molecule has 0 atom stereocenters. The van der Waals surface area contributed by atoms with Crippen molar-refractivity contribution in [3.63, 3.8) is 0 Å². The van der Waals surface area contributed by atoms with Gasteiger partial charge in [-0.3, -0.25) is 4.98 Å². The first-order valence-corrected chi connectivity index (χ1v) is 20.6. The van der Waals surface area contributed by atoms with Crippen LogP contribution in [0.25, 0.3) is 55.8 Å². The smallest absolute Gasteiger partial charge is 0.0702 e. The molecule has 1 heterocycles. The first-order valence-electron chi connectivity index (χ1n) is 20.6. The van der Waals surface area contributed by atoms with Gasteiger partial charge in [0.1, 0.15) is 0 Å². The van der Waals surface area contributed by atoms with Gasteiger partial charge in [0.25, 0.3) is 0 Å². The van der Waals surface area contributed by atoms with Gasteiger partial charge in [-0.25, -0.2) is 0 Å². The maximum Gasteiger partial charge on any atom is 0.0702 e. The second-order valence-corrected chi connectivity index (χ2v) is 17.5. The third-order valence-corrected chi connectivity index (χ3v) is 11.1. The summed E-state index contributed by atoms with van der Waals surface area (Å²) < 4.78 is 0. The fraction of sp³-hybridized carbons (Fsp3) is 0.255. The van der Waals surface area contributed by atoms with Crippen LogP contribution < -0.4 is 0 Å². The molecule has 0 aliphatic carbocycles. The van der Waals surface area contributed by atoms with Gasteiger partial charge < -0.3 is 0 Å². The molecule has 56 heavy (non-hydrogen) atoms. The summed E-state index contributed by atoms with van der Waals surface area (Å²) in [6.07, 6.45) is 9.19.